The Balaban J connectivity index is 1.60. The van der Waals surface area contributed by atoms with Gasteiger partial charge in [-0.15, -0.1) is 0 Å². The summed E-state index contributed by atoms with van der Waals surface area (Å²) in [7, 11) is 2.18. The van der Waals surface area contributed by atoms with E-state index in [-0.39, 0.29) is 11.7 Å². The highest BCUT2D eigenvalue weighted by atomic mass is 19.1. The van der Waals surface area contributed by atoms with Gasteiger partial charge in [0.1, 0.15) is 5.82 Å². The second kappa shape index (κ2) is 8.15. The second-order valence-electron chi connectivity index (χ2n) is 7.50. The molecule has 1 aliphatic heterocycles. The first-order valence-electron chi connectivity index (χ1n) is 9.70. The van der Waals surface area contributed by atoms with Crippen molar-refractivity contribution in [1.82, 2.24) is 14.8 Å². The van der Waals surface area contributed by atoms with Gasteiger partial charge in [-0.25, -0.2) is 4.39 Å². The molecule has 1 fully saturated rings. The number of halogens is 1. The van der Waals surface area contributed by atoms with E-state index in [1.165, 1.54) is 11.6 Å². The van der Waals surface area contributed by atoms with Crippen LogP contribution in [0.1, 0.15) is 23.5 Å². The highest BCUT2D eigenvalue weighted by molar-refractivity contribution is 5.79. The van der Waals surface area contributed by atoms with Gasteiger partial charge in [0.05, 0.1) is 5.52 Å². The number of rotatable bonds is 5. The summed E-state index contributed by atoms with van der Waals surface area (Å²) in [5.74, 6) is 0.0181. The molecule has 0 bridgehead atoms. The first-order valence-corrected chi connectivity index (χ1v) is 9.70. The number of hydrogen-bond donors (Lipinski definition) is 0. The van der Waals surface area contributed by atoms with Gasteiger partial charge in [-0.2, -0.15) is 0 Å². The van der Waals surface area contributed by atoms with Crippen molar-refractivity contribution in [3.63, 3.8) is 0 Å². The number of piperazine rings is 1. The minimum Gasteiger partial charge on any atom is -0.304 e. The molecule has 0 saturated carbocycles. The molecule has 2 aromatic carbocycles. The molecule has 140 valence electrons. The number of pyridine rings is 1. The van der Waals surface area contributed by atoms with Crippen molar-refractivity contribution < 1.29 is 4.39 Å². The molecule has 1 aromatic heterocycles. The maximum absolute atomic E-state index is 13.9. The van der Waals surface area contributed by atoms with Crippen molar-refractivity contribution in [2.24, 2.45) is 0 Å². The van der Waals surface area contributed by atoms with Crippen LogP contribution in [0.4, 0.5) is 4.39 Å². The summed E-state index contributed by atoms with van der Waals surface area (Å²) in [6.07, 6.45) is 2.80. The highest BCUT2D eigenvalue weighted by Gasteiger charge is 2.19. The smallest absolute Gasteiger partial charge is 0.123 e. The average Bonchev–Trinajstić information content (AvgIpc) is 2.69. The Morgan fingerprint density at radius 1 is 0.963 bits per heavy atom. The standard InChI is InChI=1S/C23H26FN3/c1-26-12-14-27(15-13-26)11-9-22(18-4-2-6-21(24)17-18)19-7-8-23-20(16-19)5-3-10-25-23/h2-8,10,16-17,22H,9,11-15H2,1H3. The molecule has 0 aliphatic carbocycles. The number of hydrogen-bond acceptors (Lipinski definition) is 3. The number of nitrogens with zero attached hydrogens (tertiary/aromatic N) is 3. The average molecular weight is 363 g/mol. The van der Waals surface area contributed by atoms with Gasteiger partial charge in [-0.05, 0) is 61.5 Å². The molecule has 1 atom stereocenters. The molecule has 27 heavy (non-hydrogen) atoms. The van der Waals surface area contributed by atoms with Gasteiger partial charge in [0.25, 0.3) is 0 Å². The van der Waals surface area contributed by atoms with Gasteiger partial charge in [0.2, 0.25) is 0 Å². The lowest BCUT2D eigenvalue weighted by atomic mass is 9.87. The summed E-state index contributed by atoms with van der Waals surface area (Å²) in [6.45, 7) is 5.47. The van der Waals surface area contributed by atoms with Gasteiger partial charge < -0.3 is 9.80 Å². The van der Waals surface area contributed by atoms with E-state index in [1.54, 1.807) is 6.07 Å². The first kappa shape index (κ1) is 18.1. The van der Waals surface area contributed by atoms with Crippen LogP contribution >= 0.6 is 0 Å². The molecule has 3 aromatic rings. The van der Waals surface area contributed by atoms with Gasteiger partial charge >= 0.3 is 0 Å². The summed E-state index contributed by atoms with van der Waals surface area (Å²) in [5.41, 5.74) is 3.28. The van der Waals surface area contributed by atoms with Crippen molar-refractivity contribution in [2.45, 2.75) is 12.3 Å². The van der Waals surface area contributed by atoms with E-state index < -0.39 is 0 Å². The van der Waals surface area contributed by atoms with Crippen molar-refractivity contribution in [3.8, 4) is 0 Å². The maximum atomic E-state index is 13.9. The molecular weight excluding hydrogens is 337 g/mol. The molecular formula is C23H26FN3. The first-order chi connectivity index (χ1) is 13.2. The van der Waals surface area contributed by atoms with Crippen LogP contribution < -0.4 is 0 Å². The maximum Gasteiger partial charge on any atom is 0.123 e. The zero-order chi connectivity index (χ0) is 18.6. The van der Waals surface area contributed by atoms with Crippen LogP contribution in [-0.4, -0.2) is 54.6 Å². The molecule has 0 N–H and O–H groups in total. The largest absolute Gasteiger partial charge is 0.304 e. The van der Waals surface area contributed by atoms with E-state index in [0.717, 1.165) is 55.6 Å². The third-order valence-corrected chi connectivity index (χ3v) is 5.61. The van der Waals surface area contributed by atoms with Crippen LogP contribution in [0.5, 0.6) is 0 Å². The minimum absolute atomic E-state index is 0.167. The third-order valence-electron chi connectivity index (χ3n) is 5.61. The molecule has 3 nitrogen and oxygen atoms in total. The number of fused-ring (bicyclic) bond motifs is 1. The van der Waals surface area contributed by atoms with E-state index in [2.05, 4.69) is 46.1 Å². The lowest BCUT2D eigenvalue weighted by Crippen LogP contribution is -2.44. The second-order valence-corrected chi connectivity index (χ2v) is 7.50. The molecule has 0 radical (unpaired) electrons. The lowest BCUT2D eigenvalue weighted by Gasteiger charge is -2.33. The third kappa shape index (κ3) is 4.34. The van der Waals surface area contributed by atoms with E-state index in [4.69, 9.17) is 0 Å². The van der Waals surface area contributed by atoms with Gasteiger partial charge in [-0.3, -0.25) is 4.98 Å². The molecule has 1 aliphatic rings. The zero-order valence-electron chi connectivity index (χ0n) is 15.8. The molecule has 1 unspecified atom stereocenters. The predicted molar refractivity (Wildman–Crippen MR) is 109 cm³/mol. The Morgan fingerprint density at radius 2 is 1.78 bits per heavy atom. The monoisotopic (exact) mass is 363 g/mol. The van der Waals surface area contributed by atoms with Crippen LogP contribution in [0.3, 0.4) is 0 Å². The fraction of sp³-hybridized carbons (Fsp3) is 0.348. The Morgan fingerprint density at radius 3 is 2.59 bits per heavy atom. The summed E-state index contributed by atoms with van der Waals surface area (Å²) < 4.78 is 13.9. The van der Waals surface area contributed by atoms with Crippen LogP contribution in [0.25, 0.3) is 10.9 Å². The fourth-order valence-electron chi connectivity index (χ4n) is 3.94. The quantitative estimate of drug-likeness (QED) is 0.679. The molecule has 0 amide bonds. The van der Waals surface area contributed by atoms with Crippen LogP contribution in [0.2, 0.25) is 0 Å². The SMILES string of the molecule is CN1CCN(CCC(c2cccc(F)c2)c2ccc3ncccc3c2)CC1. The normalized spacial score (nSPS) is 17.3. The molecule has 4 heteroatoms. The number of aromatic nitrogens is 1. The van der Waals surface area contributed by atoms with E-state index in [0.29, 0.717) is 0 Å². The fourth-order valence-corrected chi connectivity index (χ4v) is 3.94. The zero-order valence-corrected chi connectivity index (χ0v) is 15.8. The Hall–Kier alpha value is -2.30. The lowest BCUT2D eigenvalue weighted by molar-refractivity contribution is 0.151. The van der Waals surface area contributed by atoms with Gasteiger partial charge in [0.15, 0.2) is 0 Å². The predicted octanol–water partition coefficient (Wildman–Crippen LogP) is 4.14. The highest BCUT2D eigenvalue weighted by Crippen LogP contribution is 2.30. The molecule has 2 heterocycles. The number of benzene rings is 2. The van der Waals surface area contributed by atoms with Crippen molar-refractivity contribution >= 4 is 10.9 Å². The van der Waals surface area contributed by atoms with Crippen LogP contribution in [0.15, 0.2) is 60.8 Å². The summed E-state index contributed by atoms with van der Waals surface area (Å²) in [6, 6.07) is 17.6. The van der Waals surface area contributed by atoms with Gasteiger partial charge in [0, 0.05) is 43.7 Å². The Bertz CT molecular complexity index is 903. The van der Waals surface area contributed by atoms with Crippen LogP contribution in [-0.2, 0) is 0 Å². The molecule has 4 rings (SSSR count). The molecule has 1 saturated heterocycles. The summed E-state index contributed by atoms with van der Waals surface area (Å²) >= 11 is 0. The van der Waals surface area contributed by atoms with E-state index >= 15 is 0 Å². The summed E-state index contributed by atoms with van der Waals surface area (Å²) in [5, 5.41) is 1.14. The minimum atomic E-state index is -0.167. The topological polar surface area (TPSA) is 19.4 Å². The van der Waals surface area contributed by atoms with E-state index in [1.807, 2.05) is 24.4 Å². The van der Waals surface area contributed by atoms with Crippen LogP contribution in [0, 0.1) is 5.82 Å². The Labute approximate surface area is 160 Å². The molecule has 0 spiro atoms. The van der Waals surface area contributed by atoms with Crippen molar-refractivity contribution in [1.29, 1.82) is 0 Å². The van der Waals surface area contributed by atoms with Gasteiger partial charge in [-0.1, -0.05) is 24.3 Å². The van der Waals surface area contributed by atoms with Crippen molar-refractivity contribution in [2.75, 3.05) is 39.8 Å². The number of likely N-dealkylation sites (N-methyl/N-ethyl adjacent to an activating group) is 1. The summed E-state index contributed by atoms with van der Waals surface area (Å²) in [4.78, 5) is 9.32. The van der Waals surface area contributed by atoms with Crippen molar-refractivity contribution in [3.05, 3.63) is 77.7 Å². The Kier molecular flexibility index (Phi) is 5.46. The van der Waals surface area contributed by atoms with E-state index in [9.17, 15) is 4.39 Å².